The Kier molecular flexibility index (Phi) is 5.43. The maximum Gasteiger partial charge on any atom is 0.293 e. The van der Waals surface area contributed by atoms with Crippen LogP contribution in [0.1, 0.15) is 22.8 Å². The predicted octanol–water partition coefficient (Wildman–Crippen LogP) is 2.64. The van der Waals surface area contributed by atoms with Gasteiger partial charge in [-0.25, -0.2) is 4.98 Å². The molecule has 8 nitrogen and oxygen atoms in total. The van der Waals surface area contributed by atoms with Crippen LogP contribution in [0.25, 0.3) is 0 Å². The molecule has 1 aromatic heterocycles. The van der Waals surface area contributed by atoms with E-state index in [1.54, 1.807) is 18.3 Å². The maximum absolute atomic E-state index is 11.4. The highest BCUT2D eigenvalue weighted by Crippen LogP contribution is 2.26. The normalized spacial score (nSPS) is 14.1. The molecule has 1 aromatic carbocycles. The number of pyridine rings is 1. The number of anilines is 2. The number of Topliss-reactive ketones (excluding diaryl/α,β-unsaturated/α-hetero) is 1. The number of morpholine rings is 1. The molecule has 0 atom stereocenters. The van der Waals surface area contributed by atoms with E-state index in [9.17, 15) is 14.9 Å². The SMILES string of the molecule is CC(=O)c1ccc(NCc2ccc(N3CCOCC3)nc2)c([N+](=O)[O-])c1. The van der Waals surface area contributed by atoms with Crippen LogP contribution in [0.5, 0.6) is 0 Å². The molecule has 3 rings (SSSR count). The van der Waals surface area contributed by atoms with Crippen molar-refractivity contribution in [1.82, 2.24) is 4.98 Å². The number of nitro groups is 1. The second-order valence-corrected chi connectivity index (χ2v) is 6.02. The third kappa shape index (κ3) is 4.15. The van der Waals surface area contributed by atoms with E-state index in [1.165, 1.54) is 13.0 Å². The first-order valence-electron chi connectivity index (χ1n) is 8.35. The zero-order chi connectivity index (χ0) is 18.5. The minimum Gasteiger partial charge on any atom is -0.378 e. The molecule has 0 amide bonds. The van der Waals surface area contributed by atoms with Gasteiger partial charge in [0.2, 0.25) is 0 Å². The van der Waals surface area contributed by atoms with Crippen LogP contribution in [-0.2, 0) is 11.3 Å². The first kappa shape index (κ1) is 17.8. The van der Waals surface area contributed by atoms with E-state index in [4.69, 9.17) is 4.74 Å². The Balaban J connectivity index is 1.68. The van der Waals surface area contributed by atoms with Crippen LogP contribution in [0.4, 0.5) is 17.2 Å². The van der Waals surface area contributed by atoms with Crippen molar-refractivity contribution in [3.05, 3.63) is 57.8 Å². The molecule has 1 aliphatic heterocycles. The fraction of sp³-hybridized carbons (Fsp3) is 0.333. The average Bonchev–Trinajstić information content (AvgIpc) is 2.67. The van der Waals surface area contributed by atoms with E-state index in [1.807, 2.05) is 12.1 Å². The number of benzene rings is 1. The Bertz CT molecular complexity index is 801. The summed E-state index contributed by atoms with van der Waals surface area (Å²) >= 11 is 0. The fourth-order valence-electron chi connectivity index (χ4n) is 2.75. The highest BCUT2D eigenvalue weighted by atomic mass is 16.6. The number of nitrogens with one attached hydrogen (secondary N) is 1. The molecular weight excluding hydrogens is 336 g/mol. The summed E-state index contributed by atoms with van der Waals surface area (Å²) < 4.78 is 5.33. The van der Waals surface area contributed by atoms with Gasteiger partial charge in [-0.05, 0) is 30.7 Å². The number of carbonyl (C=O) groups is 1. The summed E-state index contributed by atoms with van der Waals surface area (Å²) in [5.74, 6) is 0.691. The maximum atomic E-state index is 11.4. The van der Waals surface area contributed by atoms with Gasteiger partial charge in [-0.2, -0.15) is 0 Å². The molecule has 26 heavy (non-hydrogen) atoms. The zero-order valence-corrected chi connectivity index (χ0v) is 14.5. The van der Waals surface area contributed by atoms with Crippen molar-refractivity contribution in [2.45, 2.75) is 13.5 Å². The highest BCUT2D eigenvalue weighted by molar-refractivity contribution is 5.95. The van der Waals surface area contributed by atoms with Gasteiger partial charge in [0.1, 0.15) is 11.5 Å². The van der Waals surface area contributed by atoms with Gasteiger partial charge in [-0.1, -0.05) is 6.07 Å². The number of nitrogens with zero attached hydrogens (tertiary/aromatic N) is 3. The number of nitro benzene ring substituents is 1. The van der Waals surface area contributed by atoms with Gasteiger partial charge in [-0.3, -0.25) is 14.9 Å². The molecule has 1 fully saturated rings. The van der Waals surface area contributed by atoms with Crippen LogP contribution in [0.15, 0.2) is 36.5 Å². The molecule has 1 aliphatic rings. The zero-order valence-electron chi connectivity index (χ0n) is 14.5. The van der Waals surface area contributed by atoms with Crippen molar-refractivity contribution in [3.63, 3.8) is 0 Å². The minimum atomic E-state index is -0.492. The topological polar surface area (TPSA) is 97.6 Å². The first-order valence-corrected chi connectivity index (χ1v) is 8.35. The van der Waals surface area contributed by atoms with E-state index in [0.29, 0.717) is 31.0 Å². The lowest BCUT2D eigenvalue weighted by Crippen LogP contribution is -2.36. The van der Waals surface area contributed by atoms with Crippen LogP contribution in [-0.4, -0.2) is 42.0 Å². The first-order chi connectivity index (χ1) is 12.5. The van der Waals surface area contributed by atoms with E-state index >= 15 is 0 Å². The monoisotopic (exact) mass is 356 g/mol. The van der Waals surface area contributed by atoms with Crippen LogP contribution in [0, 0.1) is 10.1 Å². The van der Waals surface area contributed by atoms with Crippen molar-refractivity contribution >= 4 is 23.0 Å². The quantitative estimate of drug-likeness (QED) is 0.483. The van der Waals surface area contributed by atoms with E-state index < -0.39 is 4.92 Å². The molecule has 0 saturated carbocycles. The van der Waals surface area contributed by atoms with Crippen molar-refractivity contribution in [3.8, 4) is 0 Å². The summed E-state index contributed by atoms with van der Waals surface area (Å²) in [6.07, 6.45) is 1.76. The van der Waals surface area contributed by atoms with Gasteiger partial charge in [0.25, 0.3) is 5.69 Å². The highest BCUT2D eigenvalue weighted by Gasteiger charge is 2.16. The molecular formula is C18H20N4O4. The number of rotatable bonds is 6. The van der Waals surface area contributed by atoms with Crippen molar-refractivity contribution < 1.29 is 14.5 Å². The molecule has 1 N–H and O–H groups in total. The lowest BCUT2D eigenvalue weighted by Gasteiger charge is -2.27. The third-order valence-corrected chi connectivity index (χ3v) is 4.23. The molecule has 0 radical (unpaired) electrons. The number of ketones is 1. The van der Waals surface area contributed by atoms with E-state index in [2.05, 4.69) is 15.2 Å². The lowest BCUT2D eigenvalue weighted by molar-refractivity contribution is -0.384. The van der Waals surface area contributed by atoms with E-state index in [-0.39, 0.29) is 11.5 Å². The minimum absolute atomic E-state index is 0.115. The van der Waals surface area contributed by atoms with E-state index in [0.717, 1.165) is 24.5 Å². The van der Waals surface area contributed by atoms with Gasteiger partial charge >= 0.3 is 0 Å². The Morgan fingerprint density at radius 2 is 2.08 bits per heavy atom. The van der Waals surface area contributed by atoms with Crippen molar-refractivity contribution in [2.24, 2.45) is 0 Å². The molecule has 0 bridgehead atoms. The Hall–Kier alpha value is -3.00. The molecule has 0 aliphatic carbocycles. The number of hydrogen-bond acceptors (Lipinski definition) is 7. The largest absolute Gasteiger partial charge is 0.378 e. The predicted molar refractivity (Wildman–Crippen MR) is 97.7 cm³/mol. The van der Waals surface area contributed by atoms with Crippen molar-refractivity contribution in [1.29, 1.82) is 0 Å². The fourth-order valence-corrected chi connectivity index (χ4v) is 2.75. The van der Waals surface area contributed by atoms with Gasteiger partial charge in [-0.15, -0.1) is 0 Å². The van der Waals surface area contributed by atoms with Gasteiger partial charge < -0.3 is 15.0 Å². The Labute approximate surface area is 150 Å². The second kappa shape index (κ2) is 7.92. The summed E-state index contributed by atoms with van der Waals surface area (Å²) in [4.78, 5) is 28.8. The summed E-state index contributed by atoms with van der Waals surface area (Å²) in [5, 5.41) is 14.3. The molecule has 2 heterocycles. The molecule has 8 heteroatoms. The number of carbonyl (C=O) groups excluding carboxylic acids is 1. The second-order valence-electron chi connectivity index (χ2n) is 6.02. The molecule has 2 aromatic rings. The number of aromatic nitrogens is 1. The lowest BCUT2D eigenvalue weighted by atomic mass is 10.1. The van der Waals surface area contributed by atoms with Crippen LogP contribution in [0.2, 0.25) is 0 Å². The van der Waals surface area contributed by atoms with Gasteiger partial charge in [0, 0.05) is 37.5 Å². The summed E-state index contributed by atoms with van der Waals surface area (Å²) in [6.45, 7) is 4.82. The molecule has 1 saturated heterocycles. The summed E-state index contributed by atoms with van der Waals surface area (Å²) in [6, 6.07) is 8.32. The standard InChI is InChI=1S/C18H20N4O4/c1-13(23)15-3-4-16(17(10-15)22(24)25)19-11-14-2-5-18(20-12-14)21-6-8-26-9-7-21/h2-5,10,12,19H,6-9,11H2,1H3. The van der Waals surface area contributed by atoms with Crippen LogP contribution in [0.3, 0.4) is 0 Å². The smallest absolute Gasteiger partial charge is 0.293 e. The van der Waals surface area contributed by atoms with Crippen LogP contribution < -0.4 is 10.2 Å². The summed E-state index contributed by atoms with van der Waals surface area (Å²) in [5.41, 5.74) is 1.48. The molecule has 136 valence electrons. The molecule has 0 unspecified atom stereocenters. The number of ether oxygens (including phenoxy) is 1. The Morgan fingerprint density at radius 1 is 1.31 bits per heavy atom. The van der Waals surface area contributed by atoms with Crippen molar-refractivity contribution in [2.75, 3.05) is 36.5 Å². The Morgan fingerprint density at radius 3 is 2.69 bits per heavy atom. The van der Waals surface area contributed by atoms with Gasteiger partial charge in [0.15, 0.2) is 5.78 Å². The van der Waals surface area contributed by atoms with Crippen LogP contribution >= 0.6 is 0 Å². The summed E-state index contributed by atoms with van der Waals surface area (Å²) in [7, 11) is 0. The molecule has 0 spiro atoms. The van der Waals surface area contributed by atoms with Gasteiger partial charge in [0.05, 0.1) is 18.1 Å². The number of hydrogen-bond donors (Lipinski definition) is 1. The third-order valence-electron chi connectivity index (χ3n) is 4.23. The average molecular weight is 356 g/mol.